The van der Waals surface area contributed by atoms with Gasteiger partial charge in [-0.15, -0.1) is 0 Å². The molecule has 0 aliphatic carbocycles. The van der Waals surface area contributed by atoms with Gasteiger partial charge in [0.05, 0.1) is 6.61 Å². The Bertz CT molecular complexity index is 447. The van der Waals surface area contributed by atoms with Gasteiger partial charge in [0.15, 0.2) is 0 Å². The van der Waals surface area contributed by atoms with Crippen LogP contribution in [0.1, 0.15) is 5.69 Å². The molecule has 0 amide bonds. The zero-order valence-corrected chi connectivity index (χ0v) is 7.49. The van der Waals surface area contributed by atoms with Crippen LogP contribution in [0.25, 0.3) is 10.9 Å². The van der Waals surface area contributed by atoms with Gasteiger partial charge < -0.3 is 9.67 Å². The van der Waals surface area contributed by atoms with Gasteiger partial charge in [0.2, 0.25) is 0 Å². The summed E-state index contributed by atoms with van der Waals surface area (Å²) in [5.41, 5.74) is 2.75. The van der Waals surface area contributed by atoms with Crippen LogP contribution in [0.2, 0.25) is 0 Å². The minimum absolute atomic E-state index is 0.0606. The third kappa shape index (κ3) is 1.25. The van der Waals surface area contributed by atoms with E-state index in [4.69, 9.17) is 13.0 Å². The van der Waals surface area contributed by atoms with Gasteiger partial charge in [-0.3, -0.25) is 0 Å². The Balaban J connectivity index is 2.76. The number of nitrogens with zero attached hydrogens (tertiary/aromatic N) is 1. The van der Waals surface area contributed by atoms with Gasteiger partial charge >= 0.3 is 0 Å². The molecule has 1 N–H and O–H groups in total. The number of aliphatic hydroxyl groups is 1. The van der Waals surface area contributed by atoms with Gasteiger partial charge in [-0.05, 0) is 17.5 Å². The monoisotopic (exact) mass is 171 g/mol. The third-order valence-electron chi connectivity index (χ3n) is 2.33. The molecular formula is C10H10BNO. The van der Waals surface area contributed by atoms with E-state index < -0.39 is 0 Å². The number of aryl methyl sites for hydroxylation is 1. The zero-order chi connectivity index (χ0) is 9.42. The predicted molar refractivity (Wildman–Crippen MR) is 54.2 cm³/mol. The highest BCUT2D eigenvalue weighted by molar-refractivity contribution is 6.33. The Morgan fingerprint density at radius 1 is 1.38 bits per heavy atom. The first kappa shape index (κ1) is 8.39. The maximum Gasteiger partial charge on any atom is 0.113 e. The van der Waals surface area contributed by atoms with Crippen LogP contribution in [0.3, 0.4) is 0 Å². The van der Waals surface area contributed by atoms with E-state index >= 15 is 0 Å². The molecular weight excluding hydrogens is 161 g/mol. The molecule has 0 fully saturated rings. The van der Waals surface area contributed by atoms with Crippen LogP contribution in [0.4, 0.5) is 0 Å². The fourth-order valence-electron chi connectivity index (χ4n) is 1.58. The summed E-state index contributed by atoms with van der Waals surface area (Å²) in [6.07, 6.45) is 0. The summed E-state index contributed by atoms with van der Waals surface area (Å²) < 4.78 is 1.97. The SMILES string of the molecule is [B]c1ccc2c(c1)cc(CO)n2C. The number of fused-ring (bicyclic) bond motifs is 1. The number of benzene rings is 1. The molecule has 2 aromatic rings. The first-order valence-electron chi connectivity index (χ1n) is 4.17. The van der Waals surface area contributed by atoms with Crippen LogP contribution in [0, 0.1) is 0 Å². The van der Waals surface area contributed by atoms with E-state index in [0.717, 1.165) is 22.1 Å². The molecule has 0 aliphatic rings. The van der Waals surface area contributed by atoms with Crippen molar-refractivity contribution in [3.63, 3.8) is 0 Å². The highest BCUT2D eigenvalue weighted by atomic mass is 16.3. The zero-order valence-electron chi connectivity index (χ0n) is 7.49. The van der Waals surface area contributed by atoms with Gasteiger partial charge in [0.25, 0.3) is 0 Å². The molecule has 0 atom stereocenters. The lowest BCUT2D eigenvalue weighted by Crippen LogP contribution is -2.00. The van der Waals surface area contributed by atoms with E-state index in [9.17, 15) is 0 Å². The van der Waals surface area contributed by atoms with E-state index in [0.29, 0.717) is 0 Å². The van der Waals surface area contributed by atoms with Gasteiger partial charge in [-0.2, -0.15) is 0 Å². The maximum atomic E-state index is 9.04. The van der Waals surface area contributed by atoms with Crippen molar-refractivity contribution in [1.82, 2.24) is 4.57 Å². The van der Waals surface area contributed by atoms with Gasteiger partial charge in [0.1, 0.15) is 7.85 Å². The maximum absolute atomic E-state index is 9.04. The van der Waals surface area contributed by atoms with Gasteiger partial charge in [-0.1, -0.05) is 17.6 Å². The number of hydrogen-bond acceptors (Lipinski definition) is 1. The Hall–Kier alpha value is -1.22. The van der Waals surface area contributed by atoms with E-state index in [-0.39, 0.29) is 6.61 Å². The summed E-state index contributed by atoms with van der Waals surface area (Å²) in [6, 6.07) is 7.69. The Morgan fingerprint density at radius 2 is 2.15 bits per heavy atom. The second-order valence-electron chi connectivity index (χ2n) is 3.17. The standard InChI is InChI=1S/C10H10BNO/c1-12-9(6-13)5-7-4-8(11)2-3-10(7)12/h2-5,13H,6H2,1H3. The summed E-state index contributed by atoms with van der Waals surface area (Å²) in [5.74, 6) is 0. The number of aromatic nitrogens is 1. The van der Waals surface area contributed by atoms with Crippen molar-refractivity contribution in [2.24, 2.45) is 7.05 Å². The van der Waals surface area contributed by atoms with Crippen LogP contribution < -0.4 is 5.46 Å². The smallest absolute Gasteiger partial charge is 0.113 e. The largest absolute Gasteiger partial charge is 0.390 e. The van der Waals surface area contributed by atoms with Gasteiger partial charge in [-0.25, -0.2) is 0 Å². The lowest BCUT2D eigenvalue weighted by atomic mass is 9.95. The van der Waals surface area contributed by atoms with Gasteiger partial charge in [0, 0.05) is 18.3 Å². The fourth-order valence-corrected chi connectivity index (χ4v) is 1.58. The normalized spacial score (nSPS) is 10.9. The summed E-state index contributed by atoms with van der Waals surface area (Å²) in [7, 11) is 7.59. The topological polar surface area (TPSA) is 25.2 Å². The predicted octanol–water partition coefficient (Wildman–Crippen LogP) is 0.464. The number of aliphatic hydroxyl groups excluding tert-OH is 1. The van der Waals surface area contributed by atoms with Crippen molar-refractivity contribution in [2.45, 2.75) is 6.61 Å². The molecule has 2 rings (SSSR count). The van der Waals surface area contributed by atoms with Crippen molar-refractivity contribution < 1.29 is 5.11 Å². The molecule has 3 heteroatoms. The first-order valence-corrected chi connectivity index (χ1v) is 4.17. The summed E-state index contributed by atoms with van der Waals surface area (Å²) >= 11 is 0. The summed E-state index contributed by atoms with van der Waals surface area (Å²) in [5, 5.41) is 10.1. The van der Waals surface area contributed by atoms with Crippen LogP contribution in [0.5, 0.6) is 0 Å². The number of rotatable bonds is 1. The number of hydrogen-bond donors (Lipinski definition) is 1. The van der Waals surface area contributed by atoms with Crippen LogP contribution in [-0.4, -0.2) is 17.5 Å². The van der Waals surface area contributed by atoms with Crippen LogP contribution in [0.15, 0.2) is 24.3 Å². The second kappa shape index (κ2) is 2.93. The molecule has 0 bridgehead atoms. The van der Waals surface area contributed by atoms with Crippen molar-refractivity contribution >= 4 is 24.2 Å². The Kier molecular flexibility index (Phi) is 1.89. The molecule has 0 saturated carbocycles. The highest BCUT2D eigenvalue weighted by Crippen LogP contribution is 2.16. The van der Waals surface area contributed by atoms with E-state index in [1.165, 1.54) is 0 Å². The molecule has 0 saturated heterocycles. The minimum atomic E-state index is 0.0606. The van der Waals surface area contributed by atoms with E-state index in [2.05, 4.69) is 0 Å². The van der Waals surface area contributed by atoms with Crippen molar-refractivity contribution in [3.05, 3.63) is 30.0 Å². The Morgan fingerprint density at radius 3 is 2.85 bits per heavy atom. The molecule has 0 unspecified atom stereocenters. The molecule has 1 heterocycles. The first-order chi connectivity index (χ1) is 6.22. The quantitative estimate of drug-likeness (QED) is 0.619. The highest BCUT2D eigenvalue weighted by Gasteiger charge is 2.03. The minimum Gasteiger partial charge on any atom is -0.390 e. The third-order valence-corrected chi connectivity index (χ3v) is 2.33. The lowest BCUT2D eigenvalue weighted by molar-refractivity contribution is 0.273. The Labute approximate surface area is 78.2 Å². The van der Waals surface area contributed by atoms with Crippen LogP contribution in [-0.2, 0) is 13.7 Å². The molecule has 13 heavy (non-hydrogen) atoms. The molecule has 64 valence electrons. The molecule has 1 aromatic heterocycles. The molecule has 2 nitrogen and oxygen atoms in total. The van der Waals surface area contributed by atoms with Crippen molar-refractivity contribution in [2.75, 3.05) is 0 Å². The average Bonchev–Trinajstić information content (AvgIpc) is 2.42. The lowest BCUT2D eigenvalue weighted by Gasteiger charge is -2.00. The molecule has 0 aliphatic heterocycles. The summed E-state index contributed by atoms with van der Waals surface area (Å²) in [4.78, 5) is 0. The van der Waals surface area contributed by atoms with Crippen molar-refractivity contribution in [3.8, 4) is 0 Å². The summed E-state index contributed by atoms with van der Waals surface area (Å²) in [6.45, 7) is 0.0606. The fraction of sp³-hybridized carbons (Fsp3) is 0.200. The average molecular weight is 171 g/mol. The second-order valence-corrected chi connectivity index (χ2v) is 3.17. The van der Waals surface area contributed by atoms with Crippen molar-refractivity contribution in [1.29, 1.82) is 0 Å². The van der Waals surface area contributed by atoms with Crippen LogP contribution >= 0.6 is 0 Å². The molecule has 2 radical (unpaired) electrons. The van der Waals surface area contributed by atoms with E-state index in [1.807, 2.05) is 35.9 Å². The van der Waals surface area contributed by atoms with E-state index in [1.54, 1.807) is 0 Å². The molecule has 1 aromatic carbocycles. The molecule has 0 spiro atoms.